The molecule has 1 atom stereocenters. The molecule has 1 N–H and O–H groups in total. The first kappa shape index (κ1) is 21.6. The first-order valence-corrected chi connectivity index (χ1v) is 7.93. The molecular formula is C17H29Cl2FN2. The number of piperazine rings is 1. The van der Waals surface area contributed by atoms with E-state index in [9.17, 15) is 4.39 Å². The van der Waals surface area contributed by atoms with E-state index in [1.807, 2.05) is 19.1 Å². The van der Waals surface area contributed by atoms with Gasteiger partial charge in [-0.3, -0.25) is 4.90 Å². The maximum absolute atomic E-state index is 14.2. The summed E-state index contributed by atoms with van der Waals surface area (Å²) >= 11 is 0. The van der Waals surface area contributed by atoms with Gasteiger partial charge in [0.05, 0.1) is 0 Å². The summed E-state index contributed by atoms with van der Waals surface area (Å²) in [5.41, 5.74) is 2.04. The highest BCUT2D eigenvalue weighted by molar-refractivity contribution is 5.85. The molecule has 1 aromatic rings. The second kappa shape index (κ2) is 11.2. The molecule has 0 spiro atoms. The Labute approximate surface area is 146 Å². The summed E-state index contributed by atoms with van der Waals surface area (Å²) in [5.74, 6) is -0.0457. The fraction of sp³-hybridized carbons (Fsp3) is 0.647. The quantitative estimate of drug-likeness (QED) is 0.759. The van der Waals surface area contributed by atoms with Crippen molar-refractivity contribution in [3.8, 4) is 0 Å². The van der Waals surface area contributed by atoms with Gasteiger partial charge in [0.15, 0.2) is 0 Å². The first-order valence-electron chi connectivity index (χ1n) is 7.93. The van der Waals surface area contributed by atoms with Gasteiger partial charge in [-0.05, 0) is 19.4 Å². The van der Waals surface area contributed by atoms with Crippen molar-refractivity contribution >= 4 is 24.8 Å². The number of aryl methyl sites for hydroxylation is 1. The average molecular weight is 351 g/mol. The van der Waals surface area contributed by atoms with E-state index in [0.717, 1.165) is 43.7 Å². The number of halogens is 3. The van der Waals surface area contributed by atoms with Crippen LogP contribution < -0.4 is 5.32 Å². The van der Waals surface area contributed by atoms with Crippen LogP contribution in [0.3, 0.4) is 0 Å². The Balaban J connectivity index is 0.00000220. The predicted octanol–water partition coefficient (Wildman–Crippen LogP) is 4.50. The lowest BCUT2D eigenvalue weighted by Gasteiger charge is -2.35. The van der Waals surface area contributed by atoms with Crippen molar-refractivity contribution in [3.63, 3.8) is 0 Å². The highest BCUT2D eigenvalue weighted by Crippen LogP contribution is 2.29. The lowest BCUT2D eigenvalue weighted by molar-refractivity contribution is 0.159. The Morgan fingerprint density at radius 1 is 1.18 bits per heavy atom. The molecule has 5 heteroatoms. The first-order chi connectivity index (χ1) is 9.72. The van der Waals surface area contributed by atoms with Crippen LogP contribution >= 0.6 is 24.8 Å². The van der Waals surface area contributed by atoms with Crippen LogP contribution in [0.15, 0.2) is 18.2 Å². The number of hydrogen-bond acceptors (Lipinski definition) is 2. The molecule has 1 saturated heterocycles. The molecule has 128 valence electrons. The number of nitrogens with one attached hydrogen (secondary N) is 1. The summed E-state index contributed by atoms with van der Waals surface area (Å²) in [4.78, 5) is 2.45. The monoisotopic (exact) mass is 350 g/mol. The molecule has 0 amide bonds. The van der Waals surface area contributed by atoms with Gasteiger partial charge in [-0.25, -0.2) is 4.39 Å². The van der Waals surface area contributed by atoms with Gasteiger partial charge in [-0.15, -0.1) is 24.8 Å². The third kappa shape index (κ3) is 6.04. The van der Waals surface area contributed by atoms with Crippen molar-refractivity contribution in [2.75, 3.05) is 26.2 Å². The zero-order valence-corrected chi connectivity index (χ0v) is 15.2. The second-order valence-electron chi connectivity index (χ2n) is 5.82. The summed E-state index contributed by atoms with van der Waals surface area (Å²) in [7, 11) is 0. The predicted molar refractivity (Wildman–Crippen MR) is 97.0 cm³/mol. The van der Waals surface area contributed by atoms with Gasteiger partial charge in [0.1, 0.15) is 5.82 Å². The molecule has 1 aromatic carbocycles. The SMILES string of the molecule is CCCCC[C@@H](c1cc(C)ccc1F)N1CCNCC1.Cl.Cl. The van der Waals surface area contributed by atoms with Gasteiger partial charge in [-0.1, -0.05) is 43.9 Å². The minimum absolute atomic E-state index is 0. The van der Waals surface area contributed by atoms with Crippen LogP contribution in [-0.4, -0.2) is 31.1 Å². The van der Waals surface area contributed by atoms with E-state index in [2.05, 4.69) is 17.1 Å². The molecule has 0 saturated carbocycles. The topological polar surface area (TPSA) is 15.3 Å². The Kier molecular flexibility index (Phi) is 11.0. The molecule has 0 aliphatic carbocycles. The van der Waals surface area contributed by atoms with Crippen molar-refractivity contribution < 1.29 is 4.39 Å². The van der Waals surface area contributed by atoms with E-state index in [1.54, 1.807) is 6.07 Å². The average Bonchev–Trinajstić information content (AvgIpc) is 2.48. The third-order valence-corrected chi connectivity index (χ3v) is 4.18. The van der Waals surface area contributed by atoms with E-state index in [4.69, 9.17) is 0 Å². The van der Waals surface area contributed by atoms with E-state index in [1.165, 1.54) is 19.3 Å². The normalized spacial score (nSPS) is 16.5. The maximum Gasteiger partial charge on any atom is 0.128 e. The molecule has 1 heterocycles. The maximum atomic E-state index is 14.2. The molecule has 1 aliphatic rings. The van der Waals surface area contributed by atoms with E-state index in [0.29, 0.717) is 0 Å². The van der Waals surface area contributed by atoms with Crippen LogP contribution in [0.4, 0.5) is 4.39 Å². The van der Waals surface area contributed by atoms with Crippen molar-refractivity contribution in [1.29, 1.82) is 0 Å². The number of nitrogens with zero attached hydrogens (tertiary/aromatic N) is 1. The molecule has 2 nitrogen and oxygen atoms in total. The van der Waals surface area contributed by atoms with Crippen molar-refractivity contribution in [3.05, 3.63) is 35.1 Å². The lowest BCUT2D eigenvalue weighted by Crippen LogP contribution is -2.45. The summed E-state index contributed by atoms with van der Waals surface area (Å²) in [6, 6.07) is 5.76. The summed E-state index contributed by atoms with van der Waals surface area (Å²) < 4.78 is 14.2. The number of hydrogen-bond donors (Lipinski definition) is 1. The smallest absolute Gasteiger partial charge is 0.128 e. The zero-order valence-electron chi connectivity index (χ0n) is 13.6. The van der Waals surface area contributed by atoms with Gasteiger partial charge >= 0.3 is 0 Å². The number of rotatable bonds is 6. The Hall–Kier alpha value is -0.350. The molecule has 22 heavy (non-hydrogen) atoms. The molecule has 0 radical (unpaired) electrons. The third-order valence-electron chi connectivity index (χ3n) is 4.18. The van der Waals surface area contributed by atoms with Gasteiger partial charge in [0.25, 0.3) is 0 Å². The van der Waals surface area contributed by atoms with Gasteiger partial charge in [-0.2, -0.15) is 0 Å². The van der Waals surface area contributed by atoms with Gasteiger partial charge in [0, 0.05) is 37.8 Å². The Morgan fingerprint density at radius 2 is 1.86 bits per heavy atom. The molecule has 1 aliphatic heterocycles. The van der Waals surface area contributed by atoms with Crippen LogP contribution in [0.1, 0.15) is 49.8 Å². The number of unbranched alkanes of at least 4 members (excludes halogenated alkanes) is 2. The van der Waals surface area contributed by atoms with E-state index < -0.39 is 0 Å². The fourth-order valence-electron chi connectivity index (χ4n) is 3.03. The van der Waals surface area contributed by atoms with Crippen LogP contribution in [0, 0.1) is 12.7 Å². The fourth-order valence-corrected chi connectivity index (χ4v) is 3.03. The highest BCUT2D eigenvalue weighted by atomic mass is 35.5. The standard InChI is InChI=1S/C17H27FN2.2ClH/c1-3-4-5-6-17(20-11-9-19-10-12-20)15-13-14(2)7-8-16(15)18;;/h7-8,13,17,19H,3-6,9-12H2,1-2H3;2*1H/t17-;;/m0../s1. The van der Waals surface area contributed by atoms with E-state index >= 15 is 0 Å². The minimum Gasteiger partial charge on any atom is -0.314 e. The van der Waals surface area contributed by atoms with Crippen molar-refractivity contribution in [2.24, 2.45) is 0 Å². The van der Waals surface area contributed by atoms with Gasteiger partial charge in [0.2, 0.25) is 0 Å². The Bertz CT molecular complexity index is 423. The van der Waals surface area contributed by atoms with Crippen LogP contribution in [0.25, 0.3) is 0 Å². The molecule has 0 unspecified atom stereocenters. The summed E-state index contributed by atoms with van der Waals surface area (Å²) in [5, 5.41) is 3.38. The van der Waals surface area contributed by atoms with Crippen LogP contribution in [0.5, 0.6) is 0 Å². The molecule has 2 rings (SSSR count). The van der Waals surface area contributed by atoms with Crippen molar-refractivity contribution in [1.82, 2.24) is 10.2 Å². The largest absolute Gasteiger partial charge is 0.314 e. The van der Waals surface area contributed by atoms with Crippen molar-refractivity contribution in [2.45, 2.75) is 45.6 Å². The Morgan fingerprint density at radius 3 is 2.50 bits per heavy atom. The van der Waals surface area contributed by atoms with Gasteiger partial charge < -0.3 is 5.32 Å². The molecule has 0 aromatic heterocycles. The molecule has 1 fully saturated rings. The molecular weight excluding hydrogens is 322 g/mol. The number of benzene rings is 1. The summed E-state index contributed by atoms with van der Waals surface area (Å²) in [6.45, 7) is 8.32. The highest BCUT2D eigenvalue weighted by Gasteiger charge is 2.24. The molecule has 0 bridgehead atoms. The zero-order chi connectivity index (χ0) is 14.4. The van der Waals surface area contributed by atoms with Crippen LogP contribution in [-0.2, 0) is 0 Å². The van der Waals surface area contributed by atoms with Crippen LogP contribution in [0.2, 0.25) is 0 Å². The lowest BCUT2D eigenvalue weighted by atomic mass is 9.96. The summed E-state index contributed by atoms with van der Waals surface area (Å²) in [6.07, 6.45) is 4.69. The minimum atomic E-state index is -0.0457. The second-order valence-corrected chi connectivity index (χ2v) is 5.82. The van der Waals surface area contributed by atoms with E-state index in [-0.39, 0.29) is 36.7 Å².